The van der Waals surface area contributed by atoms with Crippen molar-refractivity contribution in [3.8, 4) is 0 Å². The molecule has 0 aliphatic heterocycles. The maximum atomic E-state index is 13.8. The Morgan fingerprint density at radius 1 is 0.771 bits per heavy atom. The second kappa shape index (κ2) is 9.88. The molecule has 0 aliphatic rings. The predicted molar refractivity (Wildman–Crippen MR) is 145 cm³/mol. The highest BCUT2D eigenvalue weighted by Crippen LogP contribution is 2.33. The first-order chi connectivity index (χ1) is 17.1. The molecule has 0 N–H and O–H groups in total. The zero-order valence-electron chi connectivity index (χ0n) is 19.8. The van der Waals surface area contributed by atoms with Crippen LogP contribution in [0.3, 0.4) is 0 Å². The van der Waals surface area contributed by atoms with Crippen LogP contribution < -0.4 is 0 Å². The molecule has 0 spiro atoms. The van der Waals surface area contributed by atoms with E-state index in [9.17, 15) is 8.42 Å². The van der Waals surface area contributed by atoms with Gasteiger partial charge in [0.2, 0.25) is 0 Å². The summed E-state index contributed by atoms with van der Waals surface area (Å²) in [5.41, 5.74) is 4.16. The summed E-state index contributed by atoms with van der Waals surface area (Å²) >= 11 is 0. The van der Waals surface area contributed by atoms with Gasteiger partial charge >= 0.3 is 0 Å². The third-order valence-corrected chi connectivity index (χ3v) is 7.96. The summed E-state index contributed by atoms with van der Waals surface area (Å²) < 4.78 is 29.0. The topological polar surface area (TPSA) is 52.0 Å². The van der Waals surface area contributed by atoms with Gasteiger partial charge in [-0.1, -0.05) is 86.5 Å². The molecular weight excluding hydrogens is 452 g/mol. The van der Waals surface area contributed by atoms with E-state index in [0.29, 0.717) is 11.2 Å². The highest BCUT2D eigenvalue weighted by atomic mass is 32.2. The average molecular weight is 481 g/mol. The minimum atomic E-state index is -3.82. The summed E-state index contributed by atoms with van der Waals surface area (Å²) in [4.78, 5) is 5.12. The van der Waals surface area contributed by atoms with Gasteiger partial charge in [0.1, 0.15) is 0 Å². The Balaban J connectivity index is 1.69. The molecule has 176 valence electrons. The van der Waals surface area contributed by atoms with Crippen molar-refractivity contribution >= 4 is 44.1 Å². The van der Waals surface area contributed by atoms with Crippen LogP contribution in [0.15, 0.2) is 95.9 Å². The molecule has 0 fully saturated rings. The van der Waals surface area contributed by atoms with Gasteiger partial charge in [-0.15, -0.1) is 0 Å². The van der Waals surface area contributed by atoms with Crippen molar-refractivity contribution in [2.75, 3.05) is 0 Å². The summed E-state index contributed by atoms with van der Waals surface area (Å²) in [5.74, 6) is 0. The van der Waals surface area contributed by atoms with E-state index >= 15 is 0 Å². The third kappa shape index (κ3) is 4.64. The second-order valence-electron chi connectivity index (χ2n) is 8.73. The lowest BCUT2D eigenvalue weighted by atomic mass is 10.1. The molecule has 4 nitrogen and oxygen atoms in total. The molecule has 0 saturated carbocycles. The van der Waals surface area contributed by atoms with Crippen molar-refractivity contribution in [3.63, 3.8) is 0 Å². The van der Waals surface area contributed by atoms with Gasteiger partial charge in [0.05, 0.1) is 10.4 Å². The Bertz CT molecular complexity index is 1600. The molecule has 2 aromatic heterocycles. The highest BCUT2D eigenvalue weighted by molar-refractivity contribution is 7.90. The van der Waals surface area contributed by atoms with Gasteiger partial charge in [0.25, 0.3) is 10.0 Å². The molecule has 2 heterocycles. The monoisotopic (exact) mass is 480 g/mol. The molecule has 0 atom stereocenters. The number of unbranched alkanes of at least 4 members (excludes halogenated alkanes) is 2. The van der Waals surface area contributed by atoms with E-state index in [4.69, 9.17) is 4.98 Å². The lowest BCUT2D eigenvalue weighted by Crippen LogP contribution is -2.13. The van der Waals surface area contributed by atoms with Crippen LogP contribution in [0.2, 0.25) is 0 Å². The summed E-state index contributed by atoms with van der Waals surface area (Å²) in [7, 11) is -3.82. The fourth-order valence-corrected chi connectivity index (χ4v) is 5.91. The van der Waals surface area contributed by atoms with E-state index < -0.39 is 10.0 Å². The van der Waals surface area contributed by atoms with Crippen LogP contribution in [0.1, 0.15) is 43.0 Å². The van der Waals surface area contributed by atoms with Gasteiger partial charge < -0.3 is 0 Å². The van der Waals surface area contributed by atoms with Crippen molar-refractivity contribution in [2.45, 2.75) is 37.5 Å². The molecule has 0 radical (unpaired) electrons. The van der Waals surface area contributed by atoms with E-state index in [-0.39, 0.29) is 4.90 Å². The SMILES string of the molecule is CCCCCc1ccc2c3cc(C=Cc4ccccc4)ccc3n(S(=O)(=O)c3ccccc3)c2n1. The fraction of sp³-hybridized carbons (Fsp3) is 0.167. The number of rotatable bonds is 8. The van der Waals surface area contributed by atoms with Crippen molar-refractivity contribution in [1.82, 2.24) is 8.96 Å². The fourth-order valence-electron chi connectivity index (χ4n) is 4.41. The third-order valence-electron chi connectivity index (χ3n) is 6.24. The summed E-state index contributed by atoms with van der Waals surface area (Å²) in [5, 5.41) is 1.72. The molecule has 0 bridgehead atoms. The first-order valence-electron chi connectivity index (χ1n) is 12.1. The van der Waals surface area contributed by atoms with Crippen LogP contribution >= 0.6 is 0 Å². The summed E-state index contributed by atoms with van der Waals surface area (Å²) in [6.07, 6.45) is 8.24. The van der Waals surface area contributed by atoms with Crippen LogP contribution in [0.5, 0.6) is 0 Å². The maximum absolute atomic E-state index is 13.8. The van der Waals surface area contributed by atoms with Crippen LogP contribution in [0.25, 0.3) is 34.1 Å². The van der Waals surface area contributed by atoms with E-state index in [0.717, 1.165) is 53.3 Å². The quantitative estimate of drug-likeness (QED) is 0.173. The molecular formula is C30H28N2O2S. The van der Waals surface area contributed by atoms with Crippen molar-refractivity contribution < 1.29 is 8.42 Å². The molecule has 3 aromatic carbocycles. The molecule has 0 amide bonds. The van der Waals surface area contributed by atoms with Crippen LogP contribution in [-0.2, 0) is 16.4 Å². The number of aromatic nitrogens is 2. The number of nitrogens with zero attached hydrogens (tertiary/aromatic N) is 2. The average Bonchev–Trinajstić information content (AvgIpc) is 3.22. The van der Waals surface area contributed by atoms with Crippen LogP contribution in [0.4, 0.5) is 0 Å². The number of benzene rings is 3. The van der Waals surface area contributed by atoms with E-state index in [1.807, 2.05) is 54.6 Å². The number of fused-ring (bicyclic) bond motifs is 3. The highest BCUT2D eigenvalue weighted by Gasteiger charge is 2.24. The Labute approximate surface area is 206 Å². The van der Waals surface area contributed by atoms with Gasteiger partial charge in [-0.3, -0.25) is 0 Å². The molecule has 5 heteroatoms. The Morgan fingerprint density at radius 3 is 2.23 bits per heavy atom. The summed E-state index contributed by atoms with van der Waals surface area (Å²) in [6.45, 7) is 2.17. The van der Waals surface area contributed by atoms with E-state index in [1.54, 1.807) is 24.3 Å². The molecule has 5 aromatic rings. The van der Waals surface area contributed by atoms with Gasteiger partial charge in [-0.2, -0.15) is 0 Å². The second-order valence-corrected chi connectivity index (χ2v) is 10.5. The van der Waals surface area contributed by atoms with Crippen molar-refractivity contribution in [1.29, 1.82) is 0 Å². The van der Waals surface area contributed by atoms with E-state index in [1.165, 1.54) is 3.97 Å². The largest absolute Gasteiger partial charge is 0.269 e. The van der Waals surface area contributed by atoms with Crippen LogP contribution in [-0.4, -0.2) is 17.4 Å². The Morgan fingerprint density at radius 2 is 1.49 bits per heavy atom. The van der Waals surface area contributed by atoms with Crippen molar-refractivity contribution in [3.05, 3.63) is 108 Å². The predicted octanol–water partition coefficient (Wildman–Crippen LogP) is 7.33. The first kappa shape index (κ1) is 23.1. The smallest absolute Gasteiger partial charge is 0.234 e. The molecule has 5 rings (SSSR count). The lowest BCUT2D eigenvalue weighted by molar-refractivity contribution is 0.590. The zero-order chi connectivity index (χ0) is 24.3. The Hall–Kier alpha value is -3.70. The number of hydrogen-bond donors (Lipinski definition) is 0. The van der Waals surface area contributed by atoms with Crippen LogP contribution in [0, 0.1) is 0 Å². The molecule has 0 unspecified atom stereocenters. The van der Waals surface area contributed by atoms with Gasteiger partial charge in [0.15, 0.2) is 5.65 Å². The zero-order valence-corrected chi connectivity index (χ0v) is 20.6. The molecule has 0 saturated heterocycles. The van der Waals surface area contributed by atoms with Gasteiger partial charge in [-0.25, -0.2) is 17.4 Å². The normalized spacial score (nSPS) is 12.1. The number of pyridine rings is 1. The molecule has 35 heavy (non-hydrogen) atoms. The summed E-state index contributed by atoms with van der Waals surface area (Å²) in [6, 6.07) is 28.6. The first-order valence-corrected chi connectivity index (χ1v) is 13.5. The van der Waals surface area contributed by atoms with Crippen molar-refractivity contribution in [2.24, 2.45) is 0 Å². The maximum Gasteiger partial charge on any atom is 0.269 e. The minimum Gasteiger partial charge on any atom is -0.234 e. The lowest BCUT2D eigenvalue weighted by Gasteiger charge is -2.09. The molecule has 0 aliphatic carbocycles. The van der Waals surface area contributed by atoms with Gasteiger partial charge in [-0.05, 0) is 60.4 Å². The van der Waals surface area contributed by atoms with Gasteiger partial charge in [0, 0.05) is 16.5 Å². The number of hydrogen-bond acceptors (Lipinski definition) is 3. The number of aryl methyl sites for hydroxylation is 1. The van der Waals surface area contributed by atoms with E-state index in [2.05, 4.69) is 31.2 Å². The minimum absolute atomic E-state index is 0.255. The Kier molecular flexibility index (Phi) is 6.51. The standard InChI is InChI=1S/C30H28N2O2S/c1-2-3-6-13-25-19-20-27-28-22-24(17-16-23-11-7-4-8-12-23)18-21-29(28)32(30(27)31-25)35(33,34)26-14-9-5-10-15-26/h4-5,7-12,14-22H,2-3,6,13H2,1H3.